The average molecular weight is 985 g/mol. The van der Waals surface area contributed by atoms with Crippen LogP contribution in [0.2, 0.25) is 0 Å². The van der Waals surface area contributed by atoms with Gasteiger partial charge < -0.3 is 38.7 Å². The number of aliphatic hydroxyl groups is 4. The van der Waals surface area contributed by atoms with Gasteiger partial charge in [-0.25, -0.2) is 37.5 Å². The molecule has 0 saturated heterocycles. The van der Waals surface area contributed by atoms with Crippen molar-refractivity contribution in [2.75, 3.05) is 0 Å². The van der Waals surface area contributed by atoms with E-state index in [0.29, 0.717) is 0 Å². The normalized spacial score (nSPS) is 18.8. The Morgan fingerprint density at radius 2 is 0.542 bits per heavy atom. The number of aliphatic hydroxyl groups excluding tert-OH is 4. The Kier molecular flexibility index (Phi) is 14.0. The van der Waals surface area contributed by atoms with Crippen LogP contribution in [-0.4, -0.2) is 83.0 Å². The summed E-state index contributed by atoms with van der Waals surface area (Å²) in [5, 5.41) is 41.5. The largest absolute Gasteiger partial charge is 0.390 e. The fourth-order valence-corrected chi connectivity index (χ4v) is 10.4. The zero-order valence-electron chi connectivity index (χ0n) is 41.4. The van der Waals surface area contributed by atoms with Crippen LogP contribution in [0.15, 0.2) is 123 Å². The van der Waals surface area contributed by atoms with E-state index in [-0.39, 0.29) is 71.1 Å². The third kappa shape index (κ3) is 8.99. The summed E-state index contributed by atoms with van der Waals surface area (Å²) in [5.41, 5.74) is 10.7. The van der Waals surface area contributed by atoms with Gasteiger partial charge in [0.2, 0.25) is 0 Å². The number of hydrogen-bond acceptors (Lipinski definition) is 8. The summed E-state index contributed by atoms with van der Waals surface area (Å²) in [6, 6.07) is 18.2. The molecule has 12 nitrogen and oxygen atoms in total. The summed E-state index contributed by atoms with van der Waals surface area (Å²) in [5.74, 6) is -0.547. The Balaban J connectivity index is 0.000000119. The minimum absolute atomic E-state index is 0.126. The second kappa shape index (κ2) is 20.1. The van der Waals surface area contributed by atoms with E-state index in [0.717, 1.165) is 67.3 Å². The molecule has 4 aromatic heterocycles. The van der Waals surface area contributed by atoms with Crippen LogP contribution in [-0.2, 0) is 0 Å². The summed E-state index contributed by atoms with van der Waals surface area (Å²) >= 11 is 0. The Hall–Kier alpha value is -6.72. The lowest BCUT2D eigenvalue weighted by Gasteiger charge is -2.24. The molecule has 4 aromatic carbocycles. The highest BCUT2D eigenvalue weighted by atomic mass is 19.1. The standard InChI is InChI=1S/4C14H15FN2O/c4*1-8(2)14(18)13-10-4-3-9(15)5-11(10)12-6-16-7-17(12)13/h4*3-8,13-14,18H,1-2H3/t2*13-,14+;2*13-,14-/m1010/s1. The number of imidazole rings is 4. The first-order chi connectivity index (χ1) is 34.4. The third-order valence-electron chi connectivity index (χ3n) is 14.3. The molecule has 4 N–H and O–H groups in total. The van der Waals surface area contributed by atoms with E-state index < -0.39 is 24.4 Å². The molecule has 8 atom stereocenters. The second-order valence-electron chi connectivity index (χ2n) is 20.4. The van der Waals surface area contributed by atoms with Crippen molar-refractivity contribution in [3.8, 4) is 45.0 Å². The molecule has 16 heteroatoms. The first-order valence-corrected chi connectivity index (χ1v) is 24.4. The molecular formula is C56H60F4N8O4. The van der Waals surface area contributed by atoms with Crippen molar-refractivity contribution in [2.45, 2.75) is 104 Å². The van der Waals surface area contributed by atoms with Crippen molar-refractivity contribution in [3.63, 3.8) is 0 Å². The van der Waals surface area contributed by atoms with Crippen LogP contribution in [0.25, 0.3) is 45.0 Å². The van der Waals surface area contributed by atoms with Gasteiger partial charge in [0.05, 0.1) is 121 Å². The van der Waals surface area contributed by atoms with Gasteiger partial charge in [0, 0.05) is 22.3 Å². The van der Waals surface area contributed by atoms with Crippen LogP contribution in [0.5, 0.6) is 0 Å². The number of benzene rings is 4. The Labute approximate surface area is 416 Å². The summed E-state index contributed by atoms with van der Waals surface area (Å²) in [7, 11) is 0. The fraction of sp³-hybridized carbons (Fsp3) is 0.357. The van der Waals surface area contributed by atoms with E-state index in [1.165, 1.54) is 48.5 Å². The molecule has 0 bridgehead atoms. The van der Waals surface area contributed by atoms with Crippen molar-refractivity contribution in [3.05, 3.63) is 168 Å². The van der Waals surface area contributed by atoms with E-state index >= 15 is 0 Å². The molecule has 4 aliphatic rings. The zero-order chi connectivity index (χ0) is 51.4. The lowest BCUT2D eigenvalue weighted by Crippen LogP contribution is -2.27. The predicted molar refractivity (Wildman–Crippen MR) is 266 cm³/mol. The Morgan fingerprint density at radius 1 is 0.347 bits per heavy atom. The SMILES string of the molecule is CC(C)[C@@H](O)[C@@H]1c2ccc(F)cc2-c2cncn21.CC(C)[C@@H](O)[C@H]1c2ccc(F)cc2-c2cncn21.CC(C)[C@H](O)[C@@H]1c2ccc(F)cc2-c2cncn21.CC(C)[C@H](O)[C@H]1c2ccc(F)cc2-c2cncn21. The number of halogens is 4. The number of aromatic nitrogens is 8. The van der Waals surface area contributed by atoms with Crippen LogP contribution in [0, 0.1) is 46.9 Å². The highest BCUT2D eigenvalue weighted by Crippen LogP contribution is 2.46. The van der Waals surface area contributed by atoms with E-state index in [1.807, 2.05) is 73.7 Å². The molecule has 12 rings (SSSR count). The maximum absolute atomic E-state index is 13.4. The van der Waals surface area contributed by atoms with Crippen LogP contribution in [0.1, 0.15) is 102 Å². The van der Waals surface area contributed by atoms with Crippen LogP contribution >= 0.6 is 0 Å². The number of rotatable bonds is 8. The topological polar surface area (TPSA) is 152 Å². The molecule has 4 aliphatic heterocycles. The molecule has 0 radical (unpaired) electrons. The molecule has 8 heterocycles. The van der Waals surface area contributed by atoms with E-state index in [1.54, 1.807) is 74.4 Å². The minimum Gasteiger partial charge on any atom is -0.390 e. The van der Waals surface area contributed by atoms with Crippen molar-refractivity contribution in [2.24, 2.45) is 23.7 Å². The lowest BCUT2D eigenvalue weighted by molar-refractivity contribution is 0.0878. The van der Waals surface area contributed by atoms with Gasteiger partial charge in [-0.3, -0.25) is 0 Å². The Bertz CT molecular complexity index is 2790. The lowest BCUT2D eigenvalue weighted by atomic mass is 9.93. The zero-order valence-corrected chi connectivity index (χ0v) is 41.4. The molecular weight excluding hydrogens is 925 g/mol. The van der Waals surface area contributed by atoms with Gasteiger partial charge in [0.15, 0.2) is 0 Å². The maximum Gasteiger partial charge on any atom is 0.123 e. The molecule has 0 spiro atoms. The molecule has 0 amide bonds. The number of hydrogen-bond donors (Lipinski definition) is 4. The van der Waals surface area contributed by atoms with Gasteiger partial charge in [-0.1, -0.05) is 79.7 Å². The van der Waals surface area contributed by atoms with Crippen molar-refractivity contribution < 1.29 is 38.0 Å². The summed E-state index contributed by atoms with van der Waals surface area (Å²) in [6.07, 6.45) is 11.6. The molecule has 0 aliphatic carbocycles. The smallest absolute Gasteiger partial charge is 0.123 e. The highest BCUT2D eigenvalue weighted by Gasteiger charge is 2.38. The van der Waals surface area contributed by atoms with E-state index in [4.69, 9.17) is 0 Å². The second-order valence-corrected chi connectivity index (χ2v) is 20.4. The van der Waals surface area contributed by atoms with Crippen molar-refractivity contribution in [1.82, 2.24) is 38.2 Å². The average Bonchev–Trinajstić information content (AvgIpc) is 4.21. The molecule has 72 heavy (non-hydrogen) atoms. The van der Waals surface area contributed by atoms with Crippen molar-refractivity contribution in [1.29, 1.82) is 0 Å². The van der Waals surface area contributed by atoms with Gasteiger partial charge in [-0.05, 0) is 94.5 Å². The number of fused-ring (bicyclic) bond motifs is 12. The predicted octanol–water partition coefficient (Wildman–Crippen LogP) is 10.4. The Morgan fingerprint density at radius 3 is 0.722 bits per heavy atom. The van der Waals surface area contributed by atoms with Gasteiger partial charge in [0.25, 0.3) is 0 Å². The van der Waals surface area contributed by atoms with Gasteiger partial charge in [-0.15, -0.1) is 0 Å². The maximum atomic E-state index is 13.4. The summed E-state index contributed by atoms with van der Waals surface area (Å²) in [4.78, 5) is 16.4. The summed E-state index contributed by atoms with van der Waals surface area (Å²) < 4.78 is 61.1. The first kappa shape index (κ1) is 50.2. The van der Waals surface area contributed by atoms with Crippen molar-refractivity contribution >= 4 is 0 Å². The van der Waals surface area contributed by atoms with Crippen LogP contribution in [0.3, 0.4) is 0 Å². The monoisotopic (exact) mass is 984 g/mol. The third-order valence-corrected chi connectivity index (χ3v) is 14.3. The fourth-order valence-electron chi connectivity index (χ4n) is 10.4. The minimum atomic E-state index is -0.510. The molecule has 0 saturated carbocycles. The van der Waals surface area contributed by atoms with Crippen LogP contribution in [0.4, 0.5) is 17.6 Å². The van der Waals surface area contributed by atoms with Gasteiger partial charge in [-0.2, -0.15) is 0 Å². The van der Waals surface area contributed by atoms with Gasteiger partial charge in [0.1, 0.15) is 23.3 Å². The first-order valence-electron chi connectivity index (χ1n) is 24.4. The van der Waals surface area contributed by atoms with Crippen LogP contribution < -0.4 is 0 Å². The summed E-state index contributed by atoms with van der Waals surface area (Å²) in [6.45, 7) is 15.8. The highest BCUT2D eigenvalue weighted by molar-refractivity contribution is 5.72. The molecule has 376 valence electrons. The quantitative estimate of drug-likeness (QED) is 0.110. The van der Waals surface area contributed by atoms with E-state index in [2.05, 4.69) is 19.9 Å². The van der Waals surface area contributed by atoms with Gasteiger partial charge >= 0.3 is 0 Å². The molecule has 0 fully saturated rings. The molecule has 0 unspecified atom stereocenters. The number of nitrogens with zero attached hydrogens (tertiary/aromatic N) is 8. The van der Waals surface area contributed by atoms with E-state index in [9.17, 15) is 38.0 Å². The molecule has 8 aromatic rings.